The summed E-state index contributed by atoms with van der Waals surface area (Å²) in [6.45, 7) is 0. The molecule has 9 heteroatoms. The first-order chi connectivity index (χ1) is 15.1. The van der Waals surface area contributed by atoms with Crippen LogP contribution in [0.3, 0.4) is 0 Å². The van der Waals surface area contributed by atoms with Crippen LogP contribution in [-0.4, -0.2) is 24.6 Å². The maximum Gasteiger partial charge on any atom is 0.257 e. The van der Waals surface area contributed by atoms with Crippen molar-refractivity contribution in [2.24, 2.45) is 20.4 Å². The molecule has 3 aromatic rings. The number of hydrazone groups is 2. The molecule has 156 valence electrons. The van der Waals surface area contributed by atoms with E-state index in [2.05, 4.69) is 31.3 Å². The van der Waals surface area contributed by atoms with Crippen molar-refractivity contribution in [1.29, 1.82) is 0 Å². The van der Waals surface area contributed by atoms with Gasteiger partial charge in [0, 0.05) is 0 Å². The zero-order valence-corrected chi connectivity index (χ0v) is 16.1. The third-order valence-electron chi connectivity index (χ3n) is 3.74. The average molecular weight is 422 g/mol. The van der Waals surface area contributed by atoms with Gasteiger partial charge in [-0.3, -0.25) is 0 Å². The van der Waals surface area contributed by atoms with Crippen molar-refractivity contribution >= 4 is 24.6 Å². The molecule has 0 fully saturated rings. The topological polar surface area (TPSA) is 73.5 Å². The monoisotopic (exact) mass is 422 g/mol. The van der Waals surface area contributed by atoms with Crippen LogP contribution in [0, 0.1) is 17.5 Å². The maximum absolute atomic E-state index is 13.0. The summed E-state index contributed by atoms with van der Waals surface area (Å²) in [4.78, 5) is 0. The Hall–Kier alpha value is -4.27. The zero-order valence-electron chi connectivity index (χ0n) is 16.1. The largest absolute Gasteiger partial charge is 0.257 e. The van der Waals surface area contributed by atoms with Crippen LogP contribution in [0.15, 0.2) is 93.2 Å². The number of guanidine groups is 1. The van der Waals surface area contributed by atoms with Gasteiger partial charge in [-0.2, -0.15) is 15.3 Å². The minimum atomic E-state index is -0.352. The van der Waals surface area contributed by atoms with Crippen molar-refractivity contribution in [3.63, 3.8) is 0 Å². The van der Waals surface area contributed by atoms with Gasteiger partial charge in [-0.15, -0.1) is 5.10 Å². The van der Waals surface area contributed by atoms with Crippen molar-refractivity contribution in [3.8, 4) is 0 Å². The van der Waals surface area contributed by atoms with Gasteiger partial charge in [0.2, 0.25) is 0 Å². The highest BCUT2D eigenvalue weighted by Gasteiger charge is 1.96. The molecule has 0 spiro atoms. The Morgan fingerprint density at radius 2 is 0.903 bits per heavy atom. The summed E-state index contributed by atoms with van der Waals surface area (Å²) >= 11 is 0. The van der Waals surface area contributed by atoms with Crippen LogP contribution in [0.5, 0.6) is 0 Å². The lowest BCUT2D eigenvalue weighted by molar-refractivity contribution is 0.627. The van der Waals surface area contributed by atoms with E-state index in [1.165, 1.54) is 55.0 Å². The maximum atomic E-state index is 13.0. The van der Waals surface area contributed by atoms with Crippen molar-refractivity contribution in [2.75, 3.05) is 0 Å². The lowest BCUT2D eigenvalue weighted by Gasteiger charge is -2.02. The summed E-state index contributed by atoms with van der Waals surface area (Å²) < 4.78 is 38.9. The summed E-state index contributed by atoms with van der Waals surface area (Å²) in [7, 11) is 0. The fourth-order valence-corrected chi connectivity index (χ4v) is 2.21. The van der Waals surface area contributed by atoms with E-state index in [4.69, 9.17) is 0 Å². The van der Waals surface area contributed by atoms with Gasteiger partial charge in [0.1, 0.15) is 17.5 Å². The number of rotatable bonds is 6. The molecule has 0 aromatic heterocycles. The Morgan fingerprint density at radius 1 is 0.548 bits per heavy atom. The molecule has 2 N–H and O–H groups in total. The molecule has 31 heavy (non-hydrogen) atoms. The predicted molar refractivity (Wildman–Crippen MR) is 116 cm³/mol. The molecule has 0 atom stereocenters. The molecule has 0 amide bonds. The molecule has 0 unspecified atom stereocenters. The summed E-state index contributed by atoms with van der Waals surface area (Å²) in [5.74, 6) is -0.969. The molecule has 0 aliphatic rings. The normalized spacial score (nSPS) is 12.2. The van der Waals surface area contributed by atoms with Crippen LogP contribution in [0.2, 0.25) is 0 Å². The van der Waals surface area contributed by atoms with E-state index in [1.807, 2.05) is 0 Å². The molecule has 0 bridgehead atoms. The minimum Gasteiger partial charge on any atom is -0.244 e. The van der Waals surface area contributed by atoms with Gasteiger partial charge < -0.3 is 0 Å². The van der Waals surface area contributed by atoms with E-state index < -0.39 is 0 Å². The second-order valence-electron chi connectivity index (χ2n) is 6.09. The van der Waals surface area contributed by atoms with Crippen LogP contribution < -0.4 is 10.9 Å². The van der Waals surface area contributed by atoms with E-state index in [-0.39, 0.29) is 23.4 Å². The van der Waals surface area contributed by atoms with Gasteiger partial charge in [0.15, 0.2) is 0 Å². The Morgan fingerprint density at radius 3 is 1.29 bits per heavy atom. The third-order valence-corrected chi connectivity index (χ3v) is 3.74. The summed E-state index contributed by atoms with van der Waals surface area (Å²) in [6, 6.07) is 17.2. The number of hydrogen-bond acceptors (Lipinski definition) is 4. The summed E-state index contributed by atoms with van der Waals surface area (Å²) in [6.07, 6.45) is 4.35. The van der Waals surface area contributed by atoms with Crippen molar-refractivity contribution in [2.45, 2.75) is 0 Å². The molecule has 0 saturated carbocycles. The first kappa shape index (κ1) is 21.4. The van der Waals surface area contributed by atoms with Crippen LogP contribution in [-0.2, 0) is 0 Å². The molecule has 0 heterocycles. The summed E-state index contributed by atoms with van der Waals surface area (Å²) in [5, 5.41) is 15.9. The van der Waals surface area contributed by atoms with Gasteiger partial charge >= 0.3 is 0 Å². The Balaban J connectivity index is 1.69. The highest BCUT2D eigenvalue weighted by molar-refractivity contribution is 5.86. The Labute approximate surface area is 176 Å². The first-order valence-corrected chi connectivity index (χ1v) is 9.04. The van der Waals surface area contributed by atoms with Crippen LogP contribution in [0.25, 0.3) is 0 Å². The van der Waals surface area contributed by atoms with Crippen molar-refractivity contribution < 1.29 is 13.2 Å². The summed E-state index contributed by atoms with van der Waals surface area (Å²) in [5.41, 5.74) is 7.26. The SMILES string of the molecule is Fc1ccc(C=NN=C(NN=Cc2ccc(F)cc2)N/N=C/c2ccc(F)cc2)cc1. The number of benzene rings is 3. The number of nitrogens with one attached hydrogen (secondary N) is 2. The number of halogens is 3. The molecule has 3 aromatic carbocycles. The third kappa shape index (κ3) is 7.58. The highest BCUT2D eigenvalue weighted by Crippen LogP contribution is 2.01. The zero-order chi connectivity index (χ0) is 21.9. The molecule has 3 rings (SSSR count). The number of hydrogen-bond donors (Lipinski definition) is 2. The second kappa shape index (κ2) is 11.1. The van der Waals surface area contributed by atoms with E-state index >= 15 is 0 Å². The predicted octanol–water partition coefficient (Wildman–Crippen LogP) is 4.04. The molecule has 0 aliphatic heterocycles. The van der Waals surface area contributed by atoms with Crippen LogP contribution in [0.1, 0.15) is 16.7 Å². The quantitative estimate of drug-likeness (QED) is 0.358. The van der Waals surface area contributed by atoms with Crippen molar-refractivity contribution in [1.82, 2.24) is 10.9 Å². The van der Waals surface area contributed by atoms with Crippen LogP contribution >= 0.6 is 0 Å². The molecule has 0 saturated heterocycles. The smallest absolute Gasteiger partial charge is 0.244 e. The Bertz CT molecular complexity index is 1030. The van der Waals surface area contributed by atoms with Crippen molar-refractivity contribution in [3.05, 3.63) is 107 Å². The fraction of sp³-hybridized carbons (Fsp3) is 0. The average Bonchev–Trinajstić information content (AvgIpc) is 2.77. The molecule has 6 nitrogen and oxygen atoms in total. The number of nitrogens with zero attached hydrogens (tertiary/aromatic N) is 4. The van der Waals surface area contributed by atoms with Gasteiger partial charge in [-0.25, -0.2) is 24.0 Å². The molecule has 0 aliphatic carbocycles. The van der Waals surface area contributed by atoms with Crippen LogP contribution in [0.4, 0.5) is 13.2 Å². The van der Waals surface area contributed by atoms with Gasteiger partial charge in [-0.1, -0.05) is 36.4 Å². The van der Waals surface area contributed by atoms with E-state index in [0.29, 0.717) is 16.7 Å². The van der Waals surface area contributed by atoms with E-state index in [1.54, 1.807) is 36.4 Å². The molecular formula is C22H17F3N6. The standard InChI is InChI=1S/C22H17F3N6/c23-19-7-1-16(2-8-19)13-26-29-22(30-27-14-17-3-9-20(24)10-4-17)31-28-15-18-5-11-21(25)12-6-18/h1-15H,(H2,29,30,31)/b26-13+,27-14?,28-15?. The van der Waals surface area contributed by atoms with E-state index in [0.717, 1.165) is 0 Å². The van der Waals surface area contributed by atoms with Gasteiger partial charge in [0.05, 0.1) is 18.6 Å². The lowest BCUT2D eigenvalue weighted by atomic mass is 10.2. The molecule has 0 radical (unpaired) electrons. The lowest BCUT2D eigenvalue weighted by Crippen LogP contribution is -2.30. The van der Waals surface area contributed by atoms with E-state index in [9.17, 15) is 13.2 Å². The van der Waals surface area contributed by atoms with Gasteiger partial charge in [-0.05, 0) is 53.1 Å². The first-order valence-electron chi connectivity index (χ1n) is 9.04. The Kier molecular flexibility index (Phi) is 7.64. The molecular weight excluding hydrogens is 405 g/mol. The fourth-order valence-electron chi connectivity index (χ4n) is 2.21. The second-order valence-corrected chi connectivity index (χ2v) is 6.09. The minimum absolute atomic E-state index is 0.0788. The highest BCUT2D eigenvalue weighted by atomic mass is 19.1. The van der Waals surface area contributed by atoms with Gasteiger partial charge in [0.25, 0.3) is 5.96 Å².